The van der Waals surface area contributed by atoms with Crippen LogP contribution >= 0.6 is 11.6 Å². The third-order valence-electron chi connectivity index (χ3n) is 6.03. The first-order valence-corrected chi connectivity index (χ1v) is 11.4. The van der Waals surface area contributed by atoms with Gasteiger partial charge in [0.05, 0.1) is 19.7 Å². The summed E-state index contributed by atoms with van der Waals surface area (Å²) < 4.78 is 16.8. The van der Waals surface area contributed by atoms with Crippen molar-refractivity contribution >= 4 is 23.4 Å². The molecule has 6 nitrogen and oxygen atoms in total. The number of halogens is 1. The van der Waals surface area contributed by atoms with Crippen LogP contribution in [0.3, 0.4) is 0 Å². The average Bonchev–Trinajstić information content (AvgIpc) is 2.91. The van der Waals surface area contributed by atoms with Crippen LogP contribution in [0, 0.1) is 0 Å². The van der Waals surface area contributed by atoms with Crippen LogP contribution < -0.4 is 14.2 Å². The summed E-state index contributed by atoms with van der Waals surface area (Å²) in [6, 6.07) is 17.8. The summed E-state index contributed by atoms with van der Waals surface area (Å²) in [6.07, 6.45) is 1.23. The largest absolute Gasteiger partial charge is 0.497 e. The van der Waals surface area contributed by atoms with Crippen molar-refractivity contribution in [1.82, 2.24) is 4.90 Å². The van der Waals surface area contributed by atoms with Gasteiger partial charge in [0.1, 0.15) is 5.75 Å². The van der Waals surface area contributed by atoms with Crippen LogP contribution in [-0.4, -0.2) is 50.0 Å². The highest BCUT2D eigenvalue weighted by Gasteiger charge is 2.28. The normalized spacial score (nSPS) is 15.7. The number of rotatable bonds is 5. The van der Waals surface area contributed by atoms with Crippen molar-refractivity contribution in [2.45, 2.75) is 18.3 Å². The van der Waals surface area contributed by atoms with Gasteiger partial charge in [-0.15, -0.1) is 11.6 Å². The van der Waals surface area contributed by atoms with Gasteiger partial charge in [-0.05, 0) is 48.4 Å². The summed E-state index contributed by atoms with van der Waals surface area (Å²) in [6.45, 7) is 0.750. The lowest BCUT2D eigenvalue weighted by molar-refractivity contribution is -0.129. The minimum absolute atomic E-state index is 0.192. The van der Waals surface area contributed by atoms with Crippen molar-refractivity contribution in [2.75, 3.05) is 27.8 Å². The number of ketones is 1. The Balaban J connectivity index is 1.89. The molecule has 0 N–H and O–H groups in total. The van der Waals surface area contributed by atoms with Crippen LogP contribution in [0.1, 0.15) is 21.5 Å². The highest BCUT2D eigenvalue weighted by Crippen LogP contribution is 2.45. The van der Waals surface area contributed by atoms with E-state index in [2.05, 4.69) is 4.90 Å². The molecule has 1 aliphatic heterocycles. The highest BCUT2D eigenvalue weighted by molar-refractivity contribution is 6.41. The fourth-order valence-electron chi connectivity index (χ4n) is 4.09. The van der Waals surface area contributed by atoms with E-state index in [0.29, 0.717) is 23.5 Å². The first kappa shape index (κ1) is 23.8. The SMILES string of the molecule is COc1ccc2c(c1)-c1c(ccc(OC)c1OC(=O)C(=O)c1ccccc1)C[C@H](Cl)N(C)CC2. The van der Waals surface area contributed by atoms with E-state index in [9.17, 15) is 9.59 Å². The second kappa shape index (κ2) is 10.3. The third kappa shape index (κ3) is 4.79. The number of nitrogens with zero attached hydrogens (tertiary/aromatic N) is 1. The molecule has 4 rings (SSSR count). The summed E-state index contributed by atoms with van der Waals surface area (Å²) in [5, 5.41) is 0. The molecule has 0 unspecified atom stereocenters. The Hall–Kier alpha value is -3.35. The minimum atomic E-state index is -0.984. The van der Waals surface area contributed by atoms with E-state index in [-0.39, 0.29) is 16.8 Å². The second-order valence-corrected chi connectivity index (χ2v) is 8.61. The molecule has 3 aromatic carbocycles. The number of fused-ring (bicyclic) bond motifs is 3. The molecule has 3 aromatic rings. The molecule has 0 aromatic heterocycles. The Morgan fingerprint density at radius 3 is 2.41 bits per heavy atom. The number of likely N-dealkylation sites (N-methyl/N-ethyl adjacent to an activating group) is 1. The smallest absolute Gasteiger partial charge is 0.385 e. The maximum atomic E-state index is 13.0. The zero-order chi connectivity index (χ0) is 24.2. The van der Waals surface area contributed by atoms with E-state index in [0.717, 1.165) is 29.7 Å². The maximum Gasteiger partial charge on any atom is 0.385 e. The van der Waals surface area contributed by atoms with E-state index in [4.69, 9.17) is 25.8 Å². The highest BCUT2D eigenvalue weighted by atomic mass is 35.5. The molecular formula is C27H26ClNO5. The molecule has 1 heterocycles. The molecule has 176 valence electrons. The predicted octanol–water partition coefficient (Wildman–Crippen LogP) is 4.75. The Morgan fingerprint density at radius 2 is 1.71 bits per heavy atom. The van der Waals surface area contributed by atoms with Crippen molar-refractivity contribution in [3.05, 3.63) is 77.4 Å². The quantitative estimate of drug-likeness (QED) is 0.131. The number of esters is 1. The van der Waals surface area contributed by atoms with Gasteiger partial charge in [-0.2, -0.15) is 0 Å². The Bertz CT molecular complexity index is 1210. The molecule has 1 atom stereocenters. The van der Waals surface area contributed by atoms with E-state index in [1.54, 1.807) is 43.5 Å². The molecule has 0 amide bonds. The van der Waals surface area contributed by atoms with E-state index in [1.807, 2.05) is 31.3 Å². The number of alkyl halides is 1. The average molecular weight is 480 g/mol. The lowest BCUT2D eigenvalue weighted by Gasteiger charge is -2.22. The van der Waals surface area contributed by atoms with Crippen LogP contribution in [0.15, 0.2) is 60.7 Å². The molecular weight excluding hydrogens is 454 g/mol. The minimum Gasteiger partial charge on any atom is -0.497 e. The Labute approximate surface area is 204 Å². The van der Waals surface area contributed by atoms with Gasteiger partial charge in [0, 0.05) is 24.1 Å². The lowest BCUT2D eigenvalue weighted by atomic mass is 9.91. The number of ether oxygens (including phenoxy) is 3. The number of Topliss-reactive ketones (excluding diaryl/α,β-unsaturated/α-hetero) is 1. The standard InChI is InChI=1S/C27H26ClNO5/c1-29-14-13-17-9-11-20(32-2)16-21(17)24-19(15-23(29)28)10-12-22(33-3)26(24)34-27(31)25(30)18-7-5-4-6-8-18/h4-12,16,23H,13-15H2,1-3H3/t23-/m1/s1. The van der Waals surface area contributed by atoms with Crippen LogP contribution in [0.25, 0.3) is 11.1 Å². The number of hydrogen-bond donors (Lipinski definition) is 0. The van der Waals surface area contributed by atoms with Gasteiger partial charge in [-0.3, -0.25) is 9.69 Å². The van der Waals surface area contributed by atoms with E-state index in [1.165, 1.54) is 7.11 Å². The first-order valence-electron chi connectivity index (χ1n) is 11.0. The molecule has 0 radical (unpaired) electrons. The Morgan fingerprint density at radius 1 is 0.971 bits per heavy atom. The number of benzene rings is 3. The molecule has 0 fully saturated rings. The summed E-state index contributed by atoms with van der Waals surface area (Å²) in [7, 11) is 5.08. The fourth-order valence-corrected chi connectivity index (χ4v) is 4.35. The molecule has 7 heteroatoms. The van der Waals surface area contributed by atoms with Crippen molar-refractivity contribution < 1.29 is 23.8 Å². The number of carbonyl (C=O) groups is 2. The molecule has 0 aliphatic carbocycles. The molecule has 0 saturated carbocycles. The van der Waals surface area contributed by atoms with Crippen molar-refractivity contribution in [3.8, 4) is 28.4 Å². The third-order valence-corrected chi connectivity index (χ3v) is 6.52. The zero-order valence-corrected chi connectivity index (χ0v) is 20.1. The molecule has 0 bridgehead atoms. The van der Waals surface area contributed by atoms with Gasteiger partial charge in [0.2, 0.25) is 0 Å². The van der Waals surface area contributed by atoms with Gasteiger partial charge >= 0.3 is 5.97 Å². The van der Waals surface area contributed by atoms with E-state index >= 15 is 0 Å². The van der Waals surface area contributed by atoms with Crippen molar-refractivity contribution in [1.29, 1.82) is 0 Å². The predicted molar refractivity (Wildman–Crippen MR) is 131 cm³/mol. The van der Waals surface area contributed by atoms with Gasteiger partial charge in [0.25, 0.3) is 5.78 Å². The topological polar surface area (TPSA) is 65.1 Å². The molecule has 0 saturated heterocycles. The monoisotopic (exact) mass is 479 g/mol. The zero-order valence-electron chi connectivity index (χ0n) is 19.3. The van der Waals surface area contributed by atoms with Gasteiger partial charge in [-0.25, -0.2) is 4.79 Å². The number of hydrogen-bond acceptors (Lipinski definition) is 6. The van der Waals surface area contributed by atoms with E-state index < -0.39 is 11.8 Å². The second-order valence-electron chi connectivity index (χ2n) is 8.11. The molecule has 0 spiro atoms. The summed E-state index contributed by atoms with van der Waals surface area (Å²) in [4.78, 5) is 27.8. The molecule has 34 heavy (non-hydrogen) atoms. The summed E-state index contributed by atoms with van der Waals surface area (Å²) in [5.74, 6) is -0.510. The molecule has 1 aliphatic rings. The number of methoxy groups -OCH3 is 2. The van der Waals surface area contributed by atoms with Crippen LogP contribution in [0.4, 0.5) is 0 Å². The van der Waals surface area contributed by atoms with Crippen LogP contribution in [0.5, 0.6) is 17.2 Å². The fraction of sp³-hybridized carbons (Fsp3) is 0.259. The van der Waals surface area contributed by atoms with Crippen LogP contribution in [0.2, 0.25) is 0 Å². The maximum absolute atomic E-state index is 13.0. The van der Waals surface area contributed by atoms with Gasteiger partial charge in [-0.1, -0.05) is 42.5 Å². The van der Waals surface area contributed by atoms with Crippen molar-refractivity contribution in [2.24, 2.45) is 0 Å². The van der Waals surface area contributed by atoms with Gasteiger partial charge in [0.15, 0.2) is 11.5 Å². The van der Waals surface area contributed by atoms with Crippen LogP contribution in [-0.2, 0) is 17.6 Å². The first-order chi connectivity index (χ1) is 16.4. The van der Waals surface area contributed by atoms with Crippen molar-refractivity contribution in [3.63, 3.8) is 0 Å². The Kier molecular flexibility index (Phi) is 7.20. The summed E-state index contributed by atoms with van der Waals surface area (Å²) >= 11 is 6.72. The number of carbonyl (C=O) groups excluding carboxylic acids is 2. The van der Waals surface area contributed by atoms with Gasteiger partial charge < -0.3 is 14.2 Å². The summed E-state index contributed by atoms with van der Waals surface area (Å²) in [5.41, 5.74) is 3.42. The lowest BCUT2D eigenvalue weighted by Crippen LogP contribution is -2.30.